The molecule has 0 saturated heterocycles. The molecule has 0 radical (unpaired) electrons. The van der Waals surface area contributed by atoms with E-state index in [4.69, 9.17) is 9.47 Å². The summed E-state index contributed by atoms with van der Waals surface area (Å²) in [6.45, 7) is 1.15. The summed E-state index contributed by atoms with van der Waals surface area (Å²) in [4.78, 5) is 27.8. The van der Waals surface area contributed by atoms with Gasteiger partial charge < -0.3 is 19.5 Å². The van der Waals surface area contributed by atoms with Crippen LogP contribution in [0, 0.1) is 0 Å². The minimum absolute atomic E-state index is 0.0565. The fourth-order valence-corrected chi connectivity index (χ4v) is 2.13. The molecule has 0 bridgehead atoms. The number of aromatic nitrogens is 1. The Bertz CT molecular complexity index is 827. The maximum absolute atomic E-state index is 12.4. The zero-order chi connectivity index (χ0) is 20.6. The number of esters is 1. The average Bonchev–Trinajstić information content (AvgIpc) is 2.65. The van der Waals surface area contributed by atoms with Gasteiger partial charge in [0.25, 0.3) is 5.91 Å². The van der Waals surface area contributed by atoms with Gasteiger partial charge in [-0.3, -0.25) is 4.79 Å². The lowest BCUT2D eigenvalue weighted by atomic mass is 10.2. The van der Waals surface area contributed by atoms with Crippen LogP contribution >= 0.6 is 0 Å². The number of hydrogen-bond donors (Lipinski definition) is 1. The number of alkyl halides is 3. The molecule has 1 aromatic heterocycles. The van der Waals surface area contributed by atoms with Gasteiger partial charge in [0.2, 0.25) is 5.88 Å². The molecule has 1 amide bonds. The van der Waals surface area contributed by atoms with E-state index in [2.05, 4.69) is 15.0 Å². The van der Waals surface area contributed by atoms with E-state index in [1.807, 2.05) is 0 Å². The molecule has 2 rings (SSSR count). The zero-order valence-corrected chi connectivity index (χ0v) is 14.8. The number of para-hydroxylation sites is 1. The van der Waals surface area contributed by atoms with Gasteiger partial charge in [0.15, 0.2) is 6.61 Å². The highest BCUT2D eigenvalue weighted by atomic mass is 19.4. The summed E-state index contributed by atoms with van der Waals surface area (Å²) in [5, 5.41) is 2.36. The van der Waals surface area contributed by atoms with Crippen molar-refractivity contribution in [1.82, 2.24) is 10.3 Å². The smallest absolute Gasteiger partial charge is 0.477 e. The van der Waals surface area contributed by atoms with Crippen molar-refractivity contribution in [2.45, 2.75) is 19.8 Å². The molecule has 0 aliphatic rings. The number of nitrogens with one attached hydrogen (secondary N) is 1. The van der Waals surface area contributed by atoms with Crippen LogP contribution in [0.4, 0.5) is 13.2 Å². The summed E-state index contributed by atoms with van der Waals surface area (Å²) >= 11 is 0. The molecule has 0 saturated carbocycles. The van der Waals surface area contributed by atoms with E-state index in [9.17, 15) is 22.8 Å². The number of amides is 1. The first-order chi connectivity index (χ1) is 13.3. The fourth-order valence-electron chi connectivity index (χ4n) is 2.13. The molecular formula is C18H17F3N2O5. The largest absolute Gasteiger partial charge is 0.573 e. The van der Waals surface area contributed by atoms with E-state index in [1.54, 1.807) is 6.92 Å². The summed E-state index contributed by atoms with van der Waals surface area (Å²) in [6.07, 6.45) is -3.41. The van der Waals surface area contributed by atoms with Crippen LogP contribution in [0.5, 0.6) is 11.6 Å². The van der Waals surface area contributed by atoms with Gasteiger partial charge >= 0.3 is 12.3 Å². The fraction of sp³-hybridized carbons (Fsp3) is 0.278. The third kappa shape index (κ3) is 6.45. The number of carbonyl (C=O) groups is 2. The van der Waals surface area contributed by atoms with Crippen molar-refractivity contribution in [2.24, 2.45) is 0 Å². The van der Waals surface area contributed by atoms with Crippen LogP contribution in [0.1, 0.15) is 22.8 Å². The molecule has 0 aliphatic carbocycles. The summed E-state index contributed by atoms with van der Waals surface area (Å²) in [5.74, 6) is -1.86. The van der Waals surface area contributed by atoms with Crippen molar-refractivity contribution >= 4 is 11.9 Å². The molecule has 150 valence electrons. The van der Waals surface area contributed by atoms with E-state index < -0.39 is 30.6 Å². The number of pyridine rings is 1. The molecule has 7 nitrogen and oxygen atoms in total. The van der Waals surface area contributed by atoms with Crippen LogP contribution in [0.25, 0.3) is 0 Å². The van der Waals surface area contributed by atoms with Gasteiger partial charge in [-0.05, 0) is 25.1 Å². The van der Waals surface area contributed by atoms with Gasteiger partial charge in [0.05, 0.1) is 6.61 Å². The monoisotopic (exact) mass is 398 g/mol. The Balaban J connectivity index is 1.90. The second kappa shape index (κ2) is 9.58. The second-order valence-corrected chi connectivity index (χ2v) is 5.30. The van der Waals surface area contributed by atoms with Gasteiger partial charge in [-0.25, -0.2) is 9.78 Å². The average molecular weight is 398 g/mol. The molecule has 2 aromatic rings. The highest BCUT2D eigenvalue weighted by Gasteiger charge is 2.32. The number of benzene rings is 1. The normalized spacial score (nSPS) is 10.9. The van der Waals surface area contributed by atoms with Crippen LogP contribution in [-0.4, -0.2) is 36.4 Å². The number of hydrogen-bond acceptors (Lipinski definition) is 6. The minimum atomic E-state index is -4.85. The van der Waals surface area contributed by atoms with Crippen LogP contribution in [0.15, 0.2) is 42.6 Å². The van der Waals surface area contributed by atoms with E-state index >= 15 is 0 Å². The molecule has 28 heavy (non-hydrogen) atoms. The van der Waals surface area contributed by atoms with Crippen molar-refractivity contribution < 1.29 is 37.0 Å². The third-order valence-corrected chi connectivity index (χ3v) is 3.28. The number of carbonyl (C=O) groups excluding carboxylic acids is 2. The van der Waals surface area contributed by atoms with E-state index in [0.29, 0.717) is 0 Å². The minimum Gasteiger partial charge on any atom is -0.477 e. The Morgan fingerprint density at radius 3 is 2.61 bits per heavy atom. The van der Waals surface area contributed by atoms with Crippen molar-refractivity contribution in [1.29, 1.82) is 0 Å². The van der Waals surface area contributed by atoms with Gasteiger partial charge in [-0.15, -0.1) is 13.2 Å². The summed E-state index contributed by atoms with van der Waals surface area (Å²) in [5.41, 5.74) is 0.173. The van der Waals surface area contributed by atoms with Gasteiger partial charge in [-0.2, -0.15) is 0 Å². The quantitative estimate of drug-likeness (QED) is 0.688. The molecule has 1 aromatic carbocycles. The van der Waals surface area contributed by atoms with Crippen molar-refractivity contribution in [3.8, 4) is 11.6 Å². The van der Waals surface area contributed by atoms with Gasteiger partial charge in [-0.1, -0.05) is 18.2 Å². The van der Waals surface area contributed by atoms with E-state index in [1.165, 1.54) is 36.5 Å². The molecule has 1 heterocycles. The van der Waals surface area contributed by atoms with Gasteiger partial charge in [0, 0.05) is 18.3 Å². The Hall–Kier alpha value is -3.30. The third-order valence-electron chi connectivity index (χ3n) is 3.28. The molecular weight excluding hydrogens is 381 g/mol. The predicted octanol–water partition coefficient (Wildman–Crippen LogP) is 2.85. The molecule has 1 N–H and O–H groups in total. The lowest BCUT2D eigenvalue weighted by molar-refractivity contribution is -0.274. The topological polar surface area (TPSA) is 86.8 Å². The summed E-state index contributed by atoms with van der Waals surface area (Å²) in [7, 11) is 0. The van der Waals surface area contributed by atoms with Crippen LogP contribution in [-0.2, 0) is 16.1 Å². The molecule has 0 unspecified atom stereocenters. The highest BCUT2D eigenvalue weighted by molar-refractivity contribution is 5.93. The van der Waals surface area contributed by atoms with E-state index in [0.717, 1.165) is 6.07 Å². The molecule has 0 spiro atoms. The first-order valence-corrected chi connectivity index (χ1v) is 8.15. The van der Waals surface area contributed by atoms with Gasteiger partial charge in [0.1, 0.15) is 11.3 Å². The number of ether oxygens (including phenoxy) is 3. The Kier molecular flexibility index (Phi) is 7.19. The zero-order valence-electron chi connectivity index (χ0n) is 14.8. The Morgan fingerprint density at radius 2 is 1.89 bits per heavy atom. The molecule has 0 aliphatic heterocycles. The van der Waals surface area contributed by atoms with Crippen molar-refractivity contribution in [3.05, 3.63) is 53.7 Å². The number of rotatable bonds is 8. The SMILES string of the molecule is CCOc1ncccc1C(=O)OCC(=O)NCc1ccccc1OC(F)(F)F. The lowest BCUT2D eigenvalue weighted by Crippen LogP contribution is -2.29. The lowest BCUT2D eigenvalue weighted by Gasteiger charge is -2.13. The molecule has 0 atom stereocenters. The second-order valence-electron chi connectivity index (χ2n) is 5.30. The Labute approximate surface area is 158 Å². The maximum Gasteiger partial charge on any atom is 0.573 e. The molecule has 10 heteroatoms. The number of nitrogens with zero attached hydrogens (tertiary/aromatic N) is 1. The summed E-state index contributed by atoms with van der Waals surface area (Å²) in [6, 6.07) is 8.32. The van der Waals surface area contributed by atoms with E-state index in [-0.39, 0.29) is 30.2 Å². The first-order valence-electron chi connectivity index (χ1n) is 8.15. The predicted molar refractivity (Wildman–Crippen MR) is 90.7 cm³/mol. The molecule has 0 fully saturated rings. The first kappa shape index (κ1) is 21.0. The maximum atomic E-state index is 12.4. The van der Waals surface area contributed by atoms with Crippen LogP contribution < -0.4 is 14.8 Å². The Morgan fingerprint density at radius 1 is 1.14 bits per heavy atom. The number of halogens is 3. The highest BCUT2D eigenvalue weighted by Crippen LogP contribution is 2.26. The summed E-state index contributed by atoms with van der Waals surface area (Å²) < 4.78 is 51.2. The van der Waals surface area contributed by atoms with Crippen LogP contribution in [0.2, 0.25) is 0 Å². The van der Waals surface area contributed by atoms with Crippen molar-refractivity contribution in [2.75, 3.05) is 13.2 Å². The standard InChI is InChI=1S/C18H17F3N2O5/c1-2-26-16-13(7-5-9-22-16)17(25)27-11-15(24)23-10-12-6-3-4-8-14(12)28-18(19,20)21/h3-9H,2,10-11H2,1H3,(H,23,24). The van der Waals surface area contributed by atoms with Crippen molar-refractivity contribution in [3.63, 3.8) is 0 Å². The van der Waals surface area contributed by atoms with Crippen LogP contribution in [0.3, 0.4) is 0 Å².